The largest absolute Gasteiger partial charge is 0.482 e. The highest BCUT2D eigenvalue weighted by molar-refractivity contribution is 5.95. The molecule has 0 unspecified atom stereocenters. The lowest BCUT2D eigenvalue weighted by atomic mass is 10.1. The number of anilines is 1. The first kappa shape index (κ1) is 13.0. The average molecular weight is 288 g/mol. The van der Waals surface area contributed by atoms with E-state index in [4.69, 9.17) is 4.74 Å². The Morgan fingerprint density at radius 2 is 2.33 bits per heavy atom. The van der Waals surface area contributed by atoms with Gasteiger partial charge in [-0.3, -0.25) is 9.59 Å². The van der Waals surface area contributed by atoms with Crippen molar-refractivity contribution in [1.82, 2.24) is 25.9 Å². The quantitative estimate of drug-likeness (QED) is 0.690. The number of amides is 2. The summed E-state index contributed by atoms with van der Waals surface area (Å²) in [5.74, 6) is 0.629. The molecule has 3 N–H and O–H groups in total. The molecule has 0 saturated heterocycles. The van der Waals surface area contributed by atoms with Crippen molar-refractivity contribution in [2.24, 2.45) is 0 Å². The Bertz CT molecular complexity index is 670. The third kappa shape index (κ3) is 3.14. The van der Waals surface area contributed by atoms with Crippen LogP contribution in [0.15, 0.2) is 18.2 Å². The van der Waals surface area contributed by atoms with Gasteiger partial charge < -0.3 is 15.4 Å². The number of fused-ring (bicyclic) bond motifs is 1. The summed E-state index contributed by atoms with van der Waals surface area (Å²) < 4.78 is 5.26. The highest BCUT2D eigenvalue weighted by atomic mass is 16.5. The highest BCUT2D eigenvalue weighted by Gasteiger charge is 2.16. The minimum atomic E-state index is -0.202. The zero-order valence-corrected chi connectivity index (χ0v) is 10.9. The fourth-order valence-electron chi connectivity index (χ4n) is 1.91. The summed E-state index contributed by atoms with van der Waals surface area (Å²) >= 11 is 0. The van der Waals surface area contributed by atoms with Crippen LogP contribution >= 0.6 is 0 Å². The molecule has 0 radical (unpaired) electrons. The topological polar surface area (TPSA) is 122 Å². The molecule has 21 heavy (non-hydrogen) atoms. The molecular formula is C12H12N6O3. The average Bonchev–Trinajstić information content (AvgIpc) is 2.97. The SMILES string of the molecule is O=C(Cc1nnn[nH]1)NCc1ccc2c(c1)NC(=O)CO2. The van der Waals surface area contributed by atoms with Crippen molar-refractivity contribution < 1.29 is 14.3 Å². The van der Waals surface area contributed by atoms with Crippen LogP contribution in [0.5, 0.6) is 5.75 Å². The monoisotopic (exact) mass is 288 g/mol. The van der Waals surface area contributed by atoms with E-state index in [1.807, 2.05) is 6.07 Å². The predicted molar refractivity (Wildman–Crippen MR) is 70.3 cm³/mol. The van der Waals surface area contributed by atoms with Gasteiger partial charge in [0.25, 0.3) is 5.91 Å². The van der Waals surface area contributed by atoms with Gasteiger partial charge in [-0.2, -0.15) is 0 Å². The molecule has 0 saturated carbocycles. The van der Waals surface area contributed by atoms with Crippen molar-refractivity contribution in [2.45, 2.75) is 13.0 Å². The van der Waals surface area contributed by atoms with E-state index in [9.17, 15) is 9.59 Å². The molecule has 2 aromatic rings. The van der Waals surface area contributed by atoms with Gasteiger partial charge in [0.1, 0.15) is 5.75 Å². The van der Waals surface area contributed by atoms with E-state index in [1.165, 1.54) is 0 Å². The first-order chi connectivity index (χ1) is 10.2. The Kier molecular flexibility index (Phi) is 3.46. The first-order valence-corrected chi connectivity index (χ1v) is 6.25. The summed E-state index contributed by atoms with van der Waals surface area (Å²) in [6, 6.07) is 5.35. The molecule has 1 aliphatic heterocycles. The highest BCUT2D eigenvalue weighted by Crippen LogP contribution is 2.28. The molecular weight excluding hydrogens is 276 g/mol. The number of benzene rings is 1. The van der Waals surface area contributed by atoms with Crippen LogP contribution < -0.4 is 15.4 Å². The van der Waals surface area contributed by atoms with Crippen molar-refractivity contribution in [3.8, 4) is 5.75 Å². The number of aromatic amines is 1. The molecule has 0 spiro atoms. The van der Waals surface area contributed by atoms with Gasteiger partial charge in [0.15, 0.2) is 12.4 Å². The second-order valence-electron chi connectivity index (χ2n) is 4.47. The van der Waals surface area contributed by atoms with Crippen LogP contribution in [0.3, 0.4) is 0 Å². The second kappa shape index (κ2) is 5.57. The van der Waals surface area contributed by atoms with Crippen molar-refractivity contribution in [3.63, 3.8) is 0 Å². The fourth-order valence-corrected chi connectivity index (χ4v) is 1.91. The number of carbonyl (C=O) groups excluding carboxylic acids is 2. The van der Waals surface area contributed by atoms with Gasteiger partial charge in [-0.05, 0) is 28.1 Å². The Morgan fingerprint density at radius 3 is 3.14 bits per heavy atom. The number of nitrogens with zero attached hydrogens (tertiary/aromatic N) is 3. The summed E-state index contributed by atoms with van der Waals surface area (Å²) in [4.78, 5) is 23.0. The second-order valence-corrected chi connectivity index (χ2v) is 4.47. The summed E-state index contributed by atoms with van der Waals surface area (Å²) in [5, 5.41) is 18.4. The number of hydrogen-bond donors (Lipinski definition) is 3. The van der Waals surface area contributed by atoms with Gasteiger partial charge >= 0.3 is 0 Å². The minimum absolute atomic E-state index is 0.0221. The minimum Gasteiger partial charge on any atom is -0.482 e. The van der Waals surface area contributed by atoms with E-state index in [-0.39, 0.29) is 24.8 Å². The molecule has 0 aliphatic carbocycles. The van der Waals surface area contributed by atoms with Gasteiger partial charge in [0.2, 0.25) is 5.91 Å². The Labute approximate surface area is 119 Å². The normalized spacial score (nSPS) is 13.0. The Morgan fingerprint density at radius 1 is 1.43 bits per heavy atom. The molecule has 2 amide bonds. The van der Waals surface area contributed by atoms with E-state index in [0.29, 0.717) is 23.8 Å². The van der Waals surface area contributed by atoms with E-state index in [0.717, 1.165) is 5.56 Å². The summed E-state index contributed by atoms with van der Waals surface area (Å²) in [7, 11) is 0. The Hall–Kier alpha value is -2.97. The van der Waals surface area contributed by atoms with Gasteiger partial charge in [-0.15, -0.1) is 5.10 Å². The summed E-state index contributed by atoms with van der Waals surface area (Å²) in [5.41, 5.74) is 1.46. The Balaban J connectivity index is 1.59. The maximum atomic E-state index is 11.7. The van der Waals surface area contributed by atoms with Gasteiger partial charge in [-0.1, -0.05) is 6.07 Å². The number of carbonyl (C=O) groups is 2. The molecule has 9 heteroatoms. The van der Waals surface area contributed by atoms with Crippen LogP contribution in [0, 0.1) is 0 Å². The molecule has 1 aliphatic rings. The molecule has 1 aromatic carbocycles. The number of hydrogen-bond acceptors (Lipinski definition) is 6. The van der Waals surface area contributed by atoms with E-state index in [1.54, 1.807) is 12.1 Å². The molecule has 3 rings (SSSR count). The van der Waals surface area contributed by atoms with E-state index < -0.39 is 0 Å². The van der Waals surface area contributed by atoms with Crippen LogP contribution in [-0.4, -0.2) is 39.0 Å². The fraction of sp³-hybridized carbons (Fsp3) is 0.250. The van der Waals surface area contributed by atoms with E-state index in [2.05, 4.69) is 31.3 Å². The molecule has 0 atom stereocenters. The van der Waals surface area contributed by atoms with Crippen LogP contribution in [0.25, 0.3) is 0 Å². The molecule has 0 bridgehead atoms. The smallest absolute Gasteiger partial charge is 0.262 e. The zero-order chi connectivity index (χ0) is 14.7. The number of aromatic nitrogens is 4. The number of H-pyrrole nitrogens is 1. The third-order valence-electron chi connectivity index (χ3n) is 2.88. The molecule has 9 nitrogen and oxygen atoms in total. The standard InChI is InChI=1S/C12H12N6O3/c19-11(4-10-15-17-18-16-10)13-5-7-1-2-9-8(3-7)14-12(20)6-21-9/h1-3H,4-6H2,(H,13,19)(H,14,20)(H,15,16,17,18). The summed E-state index contributed by atoms with van der Waals surface area (Å²) in [6.07, 6.45) is 0.0811. The van der Waals surface area contributed by atoms with Gasteiger partial charge in [-0.25, -0.2) is 5.10 Å². The maximum absolute atomic E-state index is 11.7. The van der Waals surface area contributed by atoms with E-state index >= 15 is 0 Å². The number of ether oxygens (including phenoxy) is 1. The lowest BCUT2D eigenvalue weighted by Crippen LogP contribution is -2.27. The molecule has 108 valence electrons. The lowest BCUT2D eigenvalue weighted by molar-refractivity contribution is -0.121. The number of rotatable bonds is 4. The summed E-state index contributed by atoms with van der Waals surface area (Å²) in [6.45, 7) is 0.359. The van der Waals surface area contributed by atoms with Gasteiger partial charge in [0, 0.05) is 6.54 Å². The maximum Gasteiger partial charge on any atom is 0.262 e. The molecule has 1 aromatic heterocycles. The van der Waals surface area contributed by atoms with Crippen LogP contribution in [0.1, 0.15) is 11.4 Å². The van der Waals surface area contributed by atoms with Crippen molar-refractivity contribution in [1.29, 1.82) is 0 Å². The molecule has 2 heterocycles. The van der Waals surface area contributed by atoms with Gasteiger partial charge in [0.05, 0.1) is 12.1 Å². The third-order valence-corrected chi connectivity index (χ3v) is 2.88. The molecule has 0 fully saturated rings. The first-order valence-electron chi connectivity index (χ1n) is 6.25. The van der Waals surface area contributed by atoms with Crippen LogP contribution in [-0.2, 0) is 22.6 Å². The zero-order valence-electron chi connectivity index (χ0n) is 10.9. The van der Waals surface area contributed by atoms with Crippen LogP contribution in [0.2, 0.25) is 0 Å². The van der Waals surface area contributed by atoms with Crippen molar-refractivity contribution in [2.75, 3.05) is 11.9 Å². The van der Waals surface area contributed by atoms with Crippen LogP contribution in [0.4, 0.5) is 5.69 Å². The predicted octanol–water partition coefficient (Wildman–Crippen LogP) is -0.610. The number of tetrazole rings is 1. The van der Waals surface area contributed by atoms with Crippen molar-refractivity contribution >= 4 is 17.5 Å². The van der Waals surface area contributed by atoms with Crippen molar-refractivity contribution in [3.05, 3.63) is 29.6 Å². The lowest BCUT2D eigenvalue weighted by Gasteiger charge is -2.18. The number of nitrogens with one attached hydrogen (secondary N) is 3.